The van der Waals surface area contributed by atoms with Gasteiger partial charge in [-0.05, 0) is 50.7 Å². The van der Waals surface area contributed by atoms with E-state index in [9.17, 15) is 5.26 Å². The van der Waals surface area contributed by atoms with E-state index in [1.807, 2.05) is 0 Å². The highest BCUT2D eigenvalue weighted by molar-refractivity contribution is 5.77. The summed E-state index contributed by atoms with van der Waals surface area (Å²) in [7, 11) is 0. The molecular formula is C24H37N5. The van der Waals surface area contributed by atoms with E-state index in [1.165, 1.54) is 88.8 Å². The molecular weight excluding hydrogens is 358 g/mol. The molecule has 1 aliphatic carbocycles. The third kappa shape index (κ3) is 4.48. The predicted molar refractivity (Wildman–Crippen MR) is 120 cm³/mol. The maximum absolute atomic E-state index is 9.38. The molecule has 158 valence electrons. The van der Waals surface area contributed by atoms with Crippen molar-refractivity contribution in [2.75, 3.05) is 36.0 Å². The van der Waals surface area contributed by atoms with Gasteiger partial charge in [0.2, 0.25) is 0 Å². The van der Waals surface area contributed by atoms with Crippen molar-refractivity contribution in [1.29, 1.82) is 5.26 Å². The molecule has 5 heteroatoms. The van der Waals surface area contributed by atoms with Crippen molar-refractivity contribution in [2.45, 2.75) is 77.0 Å². The first-order valence-corrected chi connectivity index (χ1v) is 11.8. The van der Waals surface area contributed by atoms with E-state index in [0.717, 1.165) is 12.5 Å². The molecule has 3 aliphatic rings. The fourth-order valence-corrected chi connectivity index (χ4v) is 5.75. The normalized spacial score (nSPS) is 24.6. The molecule has 2 fully saturated rings. The Hall–Kier alpha value is -1.93. The summed E-state index contributed by atoms with van der Waals surface area (Å²) in [4.78, 5) is 7.52. The monoisotopic (exact) mass is 395 g/mol. The van der Waals surface area contributed by atoms with Crippen LogP contribution in [0.3, 0.4) is 0 Å². The number of benzene rings is 1. The van der Waals surface area contributed by atoms with Gasteiger partial charge in [0.25, 0.3) is 0 Å². The maximum atomic E-state index is 9.38. The first-order valence-electron chi connectivity index (χ1n) is 11.8. The number of para-hydroxylation sites is 2. The molecule has 1 unspecified atom stereocenters. The molecule has 0 aromatic heterocycles. The number of hydrogen-bond donors (Lipinski definition) is 1. The van der Waals surface area contributed by atoms with Crippen LogP contribution in [0.1, 0.15) is 64.7 Å². The first-order chi connectivity index (χ1) is 14.3. The van der Waals surface area contributed by atoms with E-state index in [-0.39, 0.29) is 6.29 Å². The van der Waals surface area contributed by atoms with Gasteiger partial charge in [0.15, 0.2) is 12.5 Å². The van der Waals surface area contributed by atoms with E-state index in [1.54, 1.807) is 0 Å². The smallest absolute Gasteiger partial charge is 0.187 e. The molecule has 1 saturated carbocycles. The van der Waals surface area contributed by atoms with Gasteiger partial charge in [0.05, 0.1) is 11.4 Å². The van der Waals surface area contributed by atoms with Crippen LogP contribution in [0, 0.1) is 17.4 Å². The van der Waals surface area contributed by atoms with Crippen molar-refractivity contribution in [3.8, 4) is 6.19 Å². The highest BCUT2D eigenvalue weighted by Crippen LogP contribution is 2.41. The fraction of sp³-hybridized carbons (Fsp3) is 0.708. The summed E-state index contributed by atoms with van der Waals surface area (Å²) in [5.74, 6) is 0.906. The van der Waals surface area contributed by atoms with Crippen LogP contribution in [-0.4, -0.2) is 43.4 Å². The van der Waals surface area contributed by atoms with Crippen molar-refractivity contribution >= 4 is 11.4 Å². The average molecular weight is 396 g/mol. The van der Waals surface area contributed by atoms with Crippen LogP contribution in [-0.2, 0) is 0 Å². The van der Waals surface area contributed by atoms with Gasteiger partial charge in [-0.1, -0.05) is 44.2 Å². The number of nitrogens with zero attached hydrogens (tertiary/aromatic N) is 4. The topological polar surface area (TPSA) is 45.5 Å². The lowest BCUT2D eigenvalue weighted by atomic mass is 9.90. The van der Waals surface area contributed by atoms with Crippen LogP contribution in [0.25, 0.3) is 0 Å². The van der Waals surface area contributed by atoms with Crippen LogP contribution in [0.5, 0.6) is 0 Å². The third-order valence-corrected chi connectivity index (χ3v) is 7.25. The standard InChI is InChI=1S/C24H37N5/c1-2-28-22-12-8-9-13-23(22)29(24(28)26-19-25)21-14-16-27(17-15-21)18-20-10-6-4-3-5-7-11-20/h8-9,12-13,20-21,24,26H,2-7,10-11,14-18H2,1H3. The number of piperidine rings is 1. The molecule has 4 rings (SSSR count). The molecule has 0 spiro atoms. The number of anilines is 2. The second-order valence-electron chi connectivity index (χ2n) is 9.05. The quantitative estimate of drug-likeness (QED) is 0.587. The van der Waals surface area contributed by atoms with E-state index < -0.39 is 0 Å². The molecule has 1 aromatic rings. The zero-order valence-electron chi connectivity index (χ0n) is 18.0. The van der Waals surface area contributed by atoms with Crippen LogP contribution < -0.4 is 15.1 Å². The molecule has 2 aliphatic heterocycles. The Bertz CT molecular complexity index is 683. The molecule has 0 amide bonds. The minimum absolute atomic E-state index is 0.0513. The molecule has 1 aromatic carbocycles. The average Bonchev–Trinajstić information content (AvgIpc) is 3.04. The zero-order chi connectivity index (χ0) is 20.1. The Kier molecular flexibility index (Phi) is 6.82. The Morgan fingerprint density at radius 2 is 1.62 bits per heavy atom. The molecule has 5 nitrogen and oxygen atoms in total. The zero-order valence-corrected chi connectivity index (χ0v) is 18.0. The van der Waals surface area contributed by atoms with Crippen molar-refractivity contribution in [3.05, 3.63) is 24.3 Å². The van der Waals surface area contributed by atoms with Crippen LogP contribution >= 0.6 is 0 Å². The van der Waals surface area contributed by atoms with Crippen molar-refractivity contribution in [1.82, 2.24) is 10.2 Å². The number of fused-ring (bicyclic) bond motifs is 1. The van der Waals surface area contributed by atoms with Gasteiger partial charge in [-0.2, -0.15) is 5.26 Å². The molecule has 1 saturated heterocycles. The lowest BCUT2D eigenvalue weighted by Crippen LogP contribution is -2.57. The Morgan fingerprint density at radius 3 is 2.28 bits per heavy atom. The molecule has 1 N–H and O–H groups in total. The lowest BCUT2D eigenvalue weighted by molar-refractivity contribution is 0.164. The predicted octanol–water partition coefficient (Wildman–Crippen LogP) is 4.51. The summed E-state index contributed by atoms with van der Waals surface area (Å²) in [6.07, 6.45) is 14.6. The van der Waals surface area contributed by atoms with E-state index in [0.29, 0.717) is 6.04 Å². The fourth-order valence-electron chi connectivity index (χ4n) is 5.75. The molecule has 1 atom stereocenters. The first kappa shape index (κ1) is 20.3. The largest absolute Gasteiger partial charge is 0.332 e. The Morgan fingerprint density at radius 1 is 0.966 bits per heavy atom. The maximum Gasteiger partial charge on any atom is 0.187 e. The minimum atomic E-state index is -0.0513. The van der Waals surface area contributed by atoms with Gasteiger partial charge in [-0.3, -0.25) is 5.32 Å². The summed E-state index contributed by atoms with van der Waals surface area (Å²) in [5.41, 5.74) is 2.53. The lowest BCUT2D eigenvalue weighted by Gasteiger charge is -2.42. The second-order valence-corrected chi connectivity index (χ2v) is 9.05. The van der Waals surface area contributed by atoms with Crippen LogP contribution in [0.15, 0.2) is 24.3 Å². The number of nitriles is 1. The van der Waals surface area contributed by atoms with E-state index >= 15 is 0 Å². The van der Waals surface area contributed by atoms with Gasteiger partial charge in [0, 0.05) is 32.2 Å². The summed E-state index contributed by atoms with van der Waals surface area (Å²) in [5, 5.41) is 12.5. The van der Waals surface area contributed by atoms with Crippen molar-refractivity contribution in [3.63, 3.8) is 0 Å². The summed E-state index contributed by atoms with van der Waals surface area (Å²) < 4.78 is 0. The van der Waals surface area contributed by atoms with Gasteiger partial charge in [0.1, 0.15) is 0 Å². The SMILES string of the molecule is CCN1c2ccccc2N(C2CCN(CC3CCCCCCC3)CC2)C1NC#N. The summed E-state index contributed by atoms with van der Waals surface area (Å²) >= 11 is 0. The molecule has 29 heavy (non-hydrogen) atoms. The second kappa shape index (κ2) is 9.71. The Balaban J connectivity index is 1.40. The van der Waals surface area contributed by atoms with Gasteiger partial charge in [-0.25, -0.2) is 0 Å². The molecule has 2 heterocycles. The van der Waals surface area contributed by atoms with Crippen molar-refractivity contribution in [2.24, 2.45) is 5.92 Å². The highest BCUT2D eigenvalue weighted by atomic mass is 15.5. The minimum Gasteiger partial charge on any atom is -0.332 e. The van der Waals surface area contributed by atoms with E-state index in [2.05, 4.69) is 57.4 Å². The van der Waals surface area contributed by atoms with Gasteiger partial charge < -0.3 is 14.7 Å². The number of rotatable bonds is 5. The molecule has 0 radical (unpaired) electrons. The van der Waals surface area contributed by atoms with E-state index in [4.69, 9.17) is 0 Å². The number of nitrogens with one attached hydrogen (secondary N) is 1. The van der Waals surface area contributed by atoms with Crippen LogP contribution in [0.4, 0.5) is 11.4 Å². The summed E-state index contributed by atoms with van der Waals surface area (Å²) in [6, 6.07) is 9.13. The van der Waals surface area contributed by atoms with Gasteiger partial charge >= 0.3 is 0 Å². The van der Waals surface area contributed by atoms with Crippen molar-refractivity contribution < 1.29 is 0 Å². The highest BCUT2D eigenvalue weighted by Gasteiger charge is 2.39. The third-order valence-electron chi connectivity index (χ3n) is 7.25. The van der Waals surface area contributed by atoms with Crippen LogP contribution in [0.2, 0.25) is 0 Å². The Labute approximate surface area is 176 Å². The summed E-state index contributed by atoms with van der Waals surface area (Å²) in [6.45, 7) is 6.73. The molecule has 0 bridgehead atoms. The number of likely N-dealkylation sites (tertiary alicyclic amines) is 1. The van der Waals surface area contributed by atoms with Gasteiger partial charge in [-0.15, -0.1) is 0 Å². The number of hydrogen-bond acceptors (Lipinski definition) is 5.